The number of carbonyl (C=O) groups is 1. The second-order valence-corrected chi connectivity index (χ2v) is 6.43. The van der Waals surface area contributed by atoms with Gasteiger partial charge in [0.25, 0.3) is 0 Å². The Morgan fingerprint density at radius 3 is 2.59 bits per heavy atom. The van der Waals surface area contributed by atoms with Gasteiger partial charge in [-0.2, -0.15) is 0 Å². The number of carbonyl (C=O) groups excluding carboxylic acids is 1. The summed E-state index contributed by atoms with van der Waals surface area (Å²) in [5, 5.41) is 6.45. The lowest BCUT2D eigenvalue weighted by atomic mass is 9.86. The van der Waals surface area contributed by atoms with Crippen LogP contribution in [0.15, 0.2) is 23.2 Å². The molecule has 0 amide bonds. The highest BCUT2D eigenvalue weighted by atomic mass is 127. The molecular formula is C19H28F2IN3O2. The van der Waals surface area contributed by atoms with E-state index < -0.39 is 11.6 Å². The Morgan fingerprint density at radius 2 is 1.96 bits per heavy atom. The number of ether oxygens (including phenoxy) is 1. The monoisotopic (exact) mass is 495 g/mol. The lowest BCUT2D eigenvalue weighted by Crippen LogP contribution is -2.45. The Morgan fingerprint density at radius 1 is 1.26 bits per heavy atom. The maximum atomic E-state index is 13.6. The van der Waals surface area contributed by atoms with Gasteiger partial charge >= 0.3 is 5.97 Å². The molecule has 152 valence electrons. The van der Waals surface area contributed by atoms with Crippen molar-refractivity contribution in [2.45, 2.75) is 45.1 Å². The third kappa shape index (κ3) is 7.59. The lowest BCUT2D eigenvalue weighted by Gasteiger charge is -2.29. The topological polar surface area (TPSA) is 62.7 Å². The van der Waals surface area contributed by atoms with Gasteiger partial charge in [-0.05, 0) is 62.8 Å². The number of guanidine groups is 1. The minimum Gasteiger partial charge on any atom is -0.466 e. The van der Waals surface area contributed by atoms with Crippen LogP contribution in [0.5, 0.6) is 0 Å². The van der Waals surface area contributed by atoms with Crippen molar-refractivity contribution in [1.29, 1.82) is 0 Å². The first kappa shape index (κ1) is 23.6. The average molecular weight is 495 g/mol. The third-order valence-corrected chi connectivity index (χ3v) is 4.61. The van der Waals surface area contributed by atoms with Crippen LogP contribution in [0.1, 0.15) is 38.2 Å². The number of hydrogen-bond donors (Lipinski definition) is 2. The summed E-state index contributed by atoms with van der Waals surface area (Å²) in [7, 11) is 1.67. The second-order valence-electron chi connectivity index (χ2n) is 6.43. The van der Waals surface area contributed by atoms with Gasteiger partial charge in [-0.1, -0.05) is 0 Å². The number of nitrogens with zero attached hydrogens (tertiary/aromatic N) is 1. The molecule has 2 N–H and O–H groups in total. The minimum absolute atomic E-state index is 0. The Kier molecular flexibility index (Phi) is 10.6. The fraction of sp³-hybridized carbons (Fsp3) is 0.579. The molecule has 8 heteroatoms. The predicted molar refractivity (Wildman–Crippen MR) is 112 cm³/mol. The molecule has 27 heavy (non-hydrogen) atoms. The van der Waals surface area contributed by atoms with Crippen molar-refractivity contribution in [3.05, 3.63) is 35.4 Å². The summed E-state index contributed by atoms with van der Waals surface area (Å²) in [6.45, 7) is 2.67. The van der Waals surface area contributed by atoms with Gasteiger partial charge in [0.05, 0.1) is 12.5 Å². The number of halogens is 3. The van der Waals surface area contributed by atoms with Gasteiger partial charge in [-0.15, -0.1) is 24.0 Å². The van der Waals surface area contributed by atoms with Crippen LogP contribution in [0, 0.1) is 17.6 Å². The molecule has 0 unspecified atom stereocenters. The van der Waals surface area contributed by atoms with Gasteiger partial charge in [0, 0.05) is 19.6 Å². The highest BCUT2D eigenvalue weighted by Gasteiger charge is 2.27. The predicted octanol–water partition coefficient (Wildman–Crippen LogP) is 3.41. The zero-order valence-corrected chi connectivity index (χ0v) is 18.1. The summed E-state index contributed by atoms with van der Waals surface area (Å²) in [5.41, 5.74) is 0.336. The van der Waals surface area contributed by atoms with Gasteiger partial charge in [0.15, 0.2) is 5.96 Å². The fourth-order valence-electron chi connectivity index (χ4n) is 3.17. The van der Waals surface area contributed by atoms with Crippen molar-refractivity contribution in [1.82, 2.24) is 10.6 Å². The van der Waals surface area contributed by atoms with E-state index in [1.165, 1.54) is 6.07 Å². The van der Waals surface area contributed by atoms with E-state index in [2.05, 4.69) is 15.6 Å². The molecule has 1 saturated carbocycles. The molecule has 0 bridgehead atoms. The quantitative estimate of drug-likeness (QED) is 0.275. The minimum atomic E-state index is -0.442. The van der Waals surface area contributed by atoms with Gasteiger partial charge in [-0.25, -0.2) is 8.78 Å². The summed E-state index contributed by atoms with van der Waals surface area (Å²) >= 11 is 0. The molecule has 1 aromatic carbocycles. The van der Waals surface area contributed by atoms with Crippen molar-refractivity contribution >= 4 is 35.9 Å². The molecule has 0 aromatic heterocycles. The summed E-state index contributed by atoms with van der Waals surface area (Å²) in [4.78, 5) is 15.9. The molecule has 0 aliphatic heterocycles. The van der Waals surface area contributed by atoms with E-state index in [0.29, 0.717) is 31.1 Å². The van der Waals surface area contributed by atoms with Gasteiger partial charge < -0.3 is 15.4 Å². The molecule has 0 saturated heterocycles. The number of hydrogen-bond acceptors (Lipinski definition) is 3. The smallest absolute Gasteiger partial charge is 0.308 e. The maximum absolute atomic E-state index is 13.6. The van der Waals surface area contributed by atoms with E-state index in [0.717, 1.165) is 37.8 Å². The molecule has 1 aliphatic carbocycles. The van der Waals surface area contributed by atoms with Crippen LogP contribution in [0.25, 0.3) is 0 Å². The van der Waals surface area contributed by atoms with Crippen LogP contribution in [0.3, 0.4) is 0 Å². The lowest BCUT2D eigenvalue weighted by molar-refractivity contribution is -0.149. The molecular weight excluding hydrogens is 467 g/mol. The van der Waals surface area contributed by atoms with Crippen molar-refractivity contribution in [3.8, 4) is 0 Å². The maximum Gasteiger partial charge on any atom is 0.308 e. The average Bonchev–Trinajstić information content (AvgIpc) is 2.64. The number of aliphatic imine (C=N–C) groups is 1. The third-order valence-electron chi connectivity index (χ3n) is 4.61. The van der Waals surface area contributed by atoms with E-state index in [4.69, 9.17) is 4.74 Å². The normalized spacial score (nSPS) is 19.8. The van der Waals surface area contributed by atoms with Crippen LogP contribution in [0.4, 0.5) is 8.78 Å². The van der Waals surface area contributed by atoms with Gasteiger partial charge in [0.2, 0.25) is 0 Å². The van der Waals surface area contributed by atoms with Crippen molar-refractivity contribution in [2.24, 2.45) is 10.9 Å². The van der Waals surface area contributed by atoms with Crippen molar-refractivity contribution < 1.29 is 18.3 Å². The molecule has 2 rings (SSSR count). The highest BCUT2D eigenvalue weighted by molar-refractivity contribution is 14.0. The SMILES string of the molecule is CCOC(=O)C1CCC(NC(=NC)NCCc2cc(F)ccc2F)CC1.I. The van der Waals surface area contributed by atoms with Crippen LogP contribution >= 0.6 is 24.0 Å². The van der Waals surface area contributed by atoms with Gasteiger partial charge in [-0.3, -0.25) is 9.79 Å². The van der Waals surface area contributed by atoms with E-state index >= 15 is 0 Å². The largest absolute Gasteiger partial charge is 0.466 e. The fourth-order valence-corrected chi connectivity index (χ4v) is 3.17. The molecule has 0 radical (unpaired) electrons. The molecule has 1 aromatic rings. The van der Waals surface area contributed by atoms with Crippen molar-refractivity contribution in [3.63, 3.8) is 0 Å². The summed E-state index contributed by atoms with van der Waals surface area (Å²) < 4.78 is 31.9. The highest BCUT2D eigenvalue weighted by Crippen LogP contribution is 2.25. The summed E-state index contributed by atoms with van der Waals surface area (Å²) in [6.07, 6.45) is 3.68. The molecule has 0 spiro atoms. The first-order valence-electron chi connectivity index (χ1n) is 9.11. The van der Waals surface area contributed by atoms with Crippen LogP contribution in [-0.4, -0.2) is 38.2 Å². The number of nitrogens with one attached hydrogen (secondary N) is 2. The summed E-state index contributed by atoms with van der Waals surface area (Å²) in [5.74, 6) is -0.346. The van der Waals surface area contributed by atoms with E-state index in [9.17, 15) is 13.6 Å². The second kappa shape index (κ2) is 12.1. The Bertz CT molecular complexity index is 635. The first-order chi connectivity index (χ1) is 12.5. The van der Waals surface area contributed by atoms with Crippen LogP contribution in [-0.2, 0) is 16.0 Å². The standard InChI is InChI=1S/C19H27F2N3O2.HI/c1-3-26-18(25)13-4-7-16(8-5-13)24-19(22-2)23-11-10-14-12-15(20)6-9-17(14)21;/h6,9,12-13,16H,3-5,7-8,10-11H2,1-2H3,(H2,22,23,24);1H. The molecule has 5 nitrogen and oxygen atoms in total. The Balaban J connectivity index is 0.00000364. The number of benzene rings is 1. The first-order valence-corrected chi connectivity index (χ1v) is 9.11. The zero-order chi connectivity index (χ0) is 18.9. The van der Waals surface area contributed by atoms with Gasteiger partial charge in [0.1, 0.15) is 11.6 Å². The van der Waals surface area contributed by atoms with E-state index in [-0.39, 0.29) is 41.9 Å². The van der Waals surface area contributed by atoms with Crippen molar-refractivity contribution in [2.75, 3.05) is 20.2 Å². The Hall–Kier alpha value is -1.45. The number of rotatable bonds is 6. The van der Waals surface area contributed by atoms with Crippen LogP contribution in [0.2, 0.25) is 0 Å². The summed E-state index contributed by atoms with van der Waals surface area (Å²) in [6, 6.07) is 3.70. The van der Waals surface area contributed by atoms with E-state index in [1.807, 2.05) is 6.92 Å². The zero-order valence-electron chi connectivity index (χ0n) is 15.8. The molecule has 0 atom stereocenters. The molecule has 1 fully saturated rings. The molecule has 1 aliphatic rings. The molecule has 0 heterocycles. The number of esters is 1. The van der Waals surface area contributed by atoms with Crippen LogP contribution < -0.4 is 10.6 Å². The van der Waals surface area contributed by atoms with E-state index in [1.54, 1.807) is 7.05 Å². The Labute approximate surface area is 176 Å².